The number of benzene rings is 2. The van der Waals surface area contributed by atoms with Crippen LogP contribution in [0.25, 0.3) is 0 Å². The molecule has 0 heterocycles. The zero-order valence-electron chi connectivity index (χ0n) is 13.2. The third kappa shape index (κ3) is 5.13. The van der Waals surface area contributed by atoms with E-state index in [2.05, 4.69) is 5.32 Å². The minimum Gasteiger partial charge on any atom is -0.490 e. The Morgan fingerprint density at radius 3 is 2.57 bits per heavy atom. The summed E-state index contributed by atoms with van der Waals surface area (Å²) in [5.41, 5.74) is 1.91. The molecule has 0 spiro atoms. The van der Waals surface area contributed by atoms with Gasteiger partial charge in [0.2, 0.25) is 0 Å². The van der Waals surface area contributed by atoms with Crippen molar-refractivity contribution in [2.75, 3.05) is 19.8 Å². The van der Waals surface area contributed by atoms with Gasteiger partial charge in [-0.3, -0.25) is 0 Å². The van der Waals surface area contributed by atoms with E-state index in [1.807, 2.05) is 49.4 Å². The van der Waals surface area contributed by atoms with Gasteiger partial charge in [0.15, 0.2) is 11.5 Å². The van der Waals surface area contributed by atoms with Crippen molar-refractivity contribution in [3.05, 3.63) is 58.6 Å². The first-order valence-electron chi connectivity index (χ1n) is 7.68. The standard InChI is InChI=1S/C18H22ClNO3/c1-2-22-17-9-5-7-14(12-20-10-11-21)18(17)23-13-15-6-3-4-8-16(15)19/h3-9,20-21H,2,10-13H2,1H3. The quantitative estimate of drug-likeness (QED) is 0.690. The molecule has 0 saturated carbocycles. The van der Waals surface area contributed by atoms with Crippen LogP contribution < -0.4 is 14.8 Å². The van der Waals surface area contributed by atoms with Crippen molar-refractivity contribution in [1.29, 1.82) is 0 Å². The fourth-order valence-corrected chi connectivity index (χ4v) is 2.39. The van der Waals surface area contributed by atoms with Crippen molar-refractivity contribution in [3.8, 4) is 11.5 Å². The number of nitrogens with one attached hydrogen (secondary N) is 1. The van der Waals surface area contributed by atoms with E-state index in [9.17, 15) is 0 Å². The Kier molecular flexibility index (Phi) is 7.20. The molecule has 23 heavy (non-hydrogen) atoms. The average molecular weight is 336 g/mol. The molecular weight excluding hydrogens is 314 g/mol. The van der Waals surface area contributed by atoms with E-state index >= 15 is 0 Å². The lowest BCUT2D eigenvalue weighted by molar-refractivity contribution is 0.264. The summed E-state index contributed by atoms with van der Waals surface area (Å²) in [6, 6.07) is 13.4. The summed E-state index contributed by atoms with van der Waals surface area (Å²) in [5.74, 6) is 1.42. The molecule has 0 aliphatic carbocycles. The van der Waals surface area contributed by atoms with Crippen molar-refractivity contribution >= 4 is 11.6 Å². The molecule has 0 aliphatic rings. The fraction of sp³-hybridized carbons (Fsp3) is 0.333. The Bertz CT molecular complexity index is 619. The van der Waals surface area contributed by atoms with Gasteiger partial charge < -0.3 is 19.9 Å². The maximum Gasteiger partial charge on any atom is 0.166 e. The second kappa shape index (κ2) is 9.40. The number of halogens is 1. The number of aliphatic hydroxyl groups excluding tert-OH is 1. The summed E-state index contributed by atoms with van der Waals surface area (Å²) in [7, 11) is 0. The van der Waals surface area contributed by atoms with Gasteiger partial charge >= 0.3 is 0 Å². The normalized spacial score (nSPS) is 10.6. The maximum absolute atomic E-state index is 8.90. The highest BCUT2D eigenvalue weighted by Gasteiger charge is 2.12. The molecule has 0 saturated heterocycles. The number of aliphatic hydroxyl groups is 1. The van der Waals surface area contributed by atoms with E-state index in [0.717, 1.165) is 11.1 Å². The highest BCUT2D eigenvalue weighted by Crippen LogP contribution is 2.32. The van der Waals surface area contributed by atoms with Gasteiger partial charge in [0, 0.05) is 29.2 Å². The lowest BCUT2D eigenvalue weighted by atomic mass is 10.1. The first-order chi connectivity index (χ1) is 11.3. The van der Waals surface area contributed by atoms with Gasteiger partial charge in [-0.25, -0.2) is 0 Å². The van der Waals surface area contributed by atoms with E-state index in [0.29, 0.717) is 42.8 Å². The minimum atomic E-state index is 0.0982. The van der Waals surface area contributed by atoms with Gasteiger partial charge in [-0.2, -0.15) is 0 Å². The van der Waals surface area contributed by atoms with Crippen LogP contribution in [0.4, 0.5) is 0 Å². The molecule has 2 rings (SSSR count). The van der Waals surface area contributed by atoms with Crippen molar-refractivity contribution in [2.24, 2.45) is 0 Å². The molecule has 124 valence electrons. The van der Waals surface area contributed by atoms with Crippen LogP contribution in [0.15, 0.2) is 42.5 Å². The molecule has 0 aliphatic heterocycles. The zero-order valence-corrected chi connectivity index (χ0v) is 14.0. The lowest BCUT2D eigenvalue weighted by Gasteiger charge is -2.16. The molecule has 0 fully saturated rings. The van der Waals surface area contributed by atoms with Crippen LogP contribution in [0.3, 0.4) is 0 Å². The smallest absolute Gasteiger partial charge is 0.166 e. The molecule has 2 N–H and O–H groups in total. The van der Waals surface area contributed by atoms with Crippen LogP contribution in [0.5, 0.6) is 11.5 Å². The second-order valence-electron chi connectivity index (χ2n) is 4.96. The van der Waals surface area contributed by atoms with Crippen LogP contribution in [0.2, 0.25) is 5.02 Å². The first-order valence-corrected chi connectivity index (χ1v) is 8.06. The minimum absolute atomic E-state index is 0.0982. The summed E-state index contributed by atoms with van der Waals surface area (Å²) in [6.45, 7) is 4.10. The summed E-state index contributed by atoms with van der Waals surface area (Å²) in [4.78, 5) is 0. The topological polar surface area (TPSA) is 50.7 Å². The Hall–Kier alpha value is -1.75. The van der Waals surface area contributed by atoms with E-state index < -0.39 is 0 Å². The second-order valence-corrected chi connectivity index (χ2v) is 5.37. The van der Waals surface area contributed by atoms with Gasteiger partial charge in [0.1, 0.15) is 6.61 Å². The predicted molar refractivity (Wildman–Crippen MR) is 92.2 cm³/mol. The molecule has 0 amide bonds. The monoisotopic (exact) mass is 335 g/mol. The molecule has 2 aromatic carbocycles. The first kappa shape index (κ1) is 17.6. The molecule has 0 bridgehead atoms. The van der Waals surface area contributed by atoms with E-state index in [1.54, 1.807) is 0 Å². The number of hydrogen-bond donors (Lipinski definition) is 2. The van der Waals surface area contributed by atoms with Gasteiger partial charge in [0.05, 0.1) is 13.2 Å². The van der Waals surface area contributed by atoms with Crippen LogP contribution >= 0.6 is 11.6 Å². The molecule has 0 radical (unpaired) electrons. The van der Waals surface area contributed by atoms with Gasteiger partial charge in [-0.1, -0.05) is 41.9 Å². The third-order valence-electron chi connectivity index (χ3n) is 3.29. The van der Waals surface area contributed by atoms with Gasteiger partial charge in [-0.15, -0.1) is 0 Å². The Morgan fingerprint density at radius 1 is 1.04 bits per heavy atom. The fourth-order valence-electron chi connectivity index (χ4n) is 2.20. The predicted octanol–water partition coefficient (Wildman–Crippen LogP) is 3.40. The highest BCUT2D eigenvalue weighted by molar-refractivity contribution is 6.31. The zero-order chi connectivity index (χ0) is 16.5. The average Bonchev–Trinajstić information content (AvgIpc) is 2.56. The van der Waals surface area contributed by atoms with Crippen molar-refractivity contribution in [1.82, 2.24) is 5.32 Å². The van der Waals surface area contributed by atoms with Gasteiger partial charge in [0.25, 0.3) is 0 Å². The van der Waals surface area contributed by atoms with E-state index in [4.69, 9.17) is 26.2 Å². The largest absolute Gasteiger partial charge is 0.490 e. The number of para-hydroxylation sites is 1. The molecule has 5 heteroatoms. The lowest BCUT2D eigenvalue weighted by Crippen LogP contribution is -2.18. The molecule has 0 aromatic heterocycles. The van der Waals surface area contributed by atoms with Crippen molar-refractivity contribution in [2.45, 2.75) is 20.1 Å². The Labute approximate surface area is 142 Å². The number of ether oxygens (including phenoxy) is 2. The molecule has 0 unspecified atom stereocenters. The van der Waals surface area contributed by atoms with E-state index in [1.165, 1.54) is 0 Å². The van der Waals surface area contributed by atoms with Crippen LogP contribution in [0, 0.1) is 0 Å². The van der Waals surface area contributed by atoms with Crippen molar-refractivity contribution < 1.29 is 14.6 Å². The summed E-state index contributed by atoms with van der Waals surface area (Å²) in [5, 5.41) is 12.7. The van der Waals surface area contributed by atoms with E-state index in [-0.39, 0.29) is 6.61 Å². The number of hydrogen-bond acceptors (Lipinski definition) is 4. The SMILES string of the molecule is CCOc1cccc(CNCCO)c1OCc1ccccc1Cl. The Balaban J connectivity index is 2.17. The highest BCUT2D eigenvalue weighted by atomic mass is 35.5. The van der Waals surface area contributed by atoms with Crippen LogP contribution in [0.1, 0.15) is 18.1 Å². The van der Waals surface area contributed by atoms with Crippen LogP contribution in [-0.2, 0) is 13.2 Å². The van der Waals surface area contributed by atoms with Crippen molar-refractivity contribution in [3.63, 3.8) is 0 Å². The molecular formula is C18H22ClNO3. The maximum atomic E-state index is 8.90. The summed E-state index contributed by atoms with van der Waals surface area (Å²) in [6.07, 6.45) is 0. The Morgan fingerprint density at radius 2 is 1.83 bits per heavy atom. The molecule has 2 aromatic rings. The summed E-state index contributed by atoms with van der Waals surface area (Å²) < 4.78 is 11.7. The third-order valence-corrected chi connectivity index (χ3v) is 3.66. The summed E-state index contributed by atoms with van der Waals surface area (Å²) >= 11 is 6.18. The molecule has 0 atom stereocenters. The molecule has 4 nitrogen and oxygen atoms in total. The number of rotatable bonds is 9. The van der Waals surface area contributed by atoms with Crippen LogP contribution in [-0.4, -0.2) is 24.9 Å². The van der Waals surface area contributed by atoms with Gasteiger partial charge in [-0.05, 0) is 19.1 Å².